The van der Waals surface area contributed by atoms with Crippen molar-refractivity contribution in [1.29, 1.82) is 0 Å². The molecule has 0 spiro atoms. The van der Waals surface area contributed by atoms with E-state index in [-0.39, 0.29) is 18.3 Å². The SMILES string of the molecule is Cl.O=C(CCCCCc1cccs1)NCCN1CCNCC1. The number of halogens is 1. The van der Waals surface area contributed by atoms with Crippen LogP contribution in [0.25, 0.3) is 0 Å². The Hall–Kier alpha value is -0.620. The number of hydrogen-bond donors (Lipinski definition) is 2. The second-order valence-electron chi connectivity index (χ2n) is 5.58. The van der Waals surface area contributed by atoms with Crippen LogP contribution >= 0.6 is 23.7 Å². The van der Waals surface area contributed by atoms with Gasteiger partial charge in [0, 0.05) is 50.6 Å². The second-order valence-corrected chi connectivity index (χ2v) is 6.61. The number of amides is 1. The van der Waals surface area contributed by atoms with Gasteiger partial charge in [0.05, 0.1) is 0 Å². The highest BCUT2D eigenvalue weighted by atomic mass is 35.5. The molecule has 0 bridgehead atoms. The van der Waals surface area contributed by atoms with Gasteiger partial charge >= 0.3 is 0 Å². The first-order valence-electron chi connectivity index (χ1n) is 8.07. The van der Waals surface area contributed by atoms with Gasteiger partial charge in [-0.1, -0.05) is 12.5 Å². The molecule has 0 aliphatic carbocycles. The maximum atomic E-state index is 11.7. The van der Waals surface area contributed by atoms with Crippen LogP contribution in [0.4, 0.5) is 0 Å². The summed E-state index contributed by atoms with van der Waals surface area (Å²) >= 11 is 1.82. The summed E-state index contributed by atoms with van der Waals surface area (Å²) in [5.74, 6) is 0.209. The molecule has 2 rings (SSSR count). The minimum atomic E-state index is 0. The van der Waals surface area contributed by atoms with E-state index in [0.29, 0.717) is 6.42 Å². The normalized spacial score (nSPS) is 15.3. The Morgan fingerprint density at radius 3 is 2.82 bits per heavy atom. The van der Waals surface area contributed by atoms with E-state index in [9.17, 15) is 4.79 Å². The number of unbranched alkanes of at least 4 members (excludes halogenated alkanes) is 2. The van der Waals surface area contributed by atoms with Gasteiger partial charge in [-0.3, -0.25) is 9.69 Å². The lowest BCUT2D eigenvalue weighted by Crippen LogP contribution is -2.46. The Bertz CT molecular complexity index is 394. The molecule has 0 aromatic carbocycles. The first-order valence-corrected chi connectivity index (χ1v) is 8.95. The van der Waals surface area contributed by atoms with Crippen LogP contribution in [0.3, 0.4) is 0 Å². The van der Waals surface area contributed by atoms with E-state index in [1.807, 2.05) is 11.3 Å². The number of piperazine rings is 1. The van der Waals surface area contributed by atoms with Crippen LogP contribution in [-0.2, 0) is 11.2 Å². The van der Waals surface area contributed by atoms with Gasteiger partial charge in [-0.15, -0.1) is 23.7 Å². The minimum Gasteiger partial charge on any atom is -0.355 e. The molecule has 1 fully saturated rings. The van der Waals surface area contributed by atoms with Gasteiger partial charge in [-0.2, -0.15) is 0 Å². The highest BCUT2D eigenvalue weighted by molar-refractivity contribution is 7.09. The van der Waals surface area contributed by atoms with Gasteiger partial charge in [0.25, 0.3) is 0 Å². The quantitative estimate of drug-likeness (QED) is 0.675. The van der Waals surface area contributed by atoms with Gasteiger partial charge in [-0.05, 0) is 30.7 Å². The first-order chi connectivity index (χ1) is 10.3. The molecule has 1 aliphatic rings. The summed E-state index contributed by atoms with van der Waals surface area (Å²) < 4.78 is 0. The van der Waals surface area contributed by atoms with Gasteiger partial charge in [-0.25, -0.2) is 0 Å². The number of rotatable bonds is 9. The zero-order valence-electron chi connectivity index (χ0n) is 13.2. The standard InChI is InChI=1S/C16H27N3OS.ClH/c20-16(18-10-13-19-11-8-17-9-12-19)7-3-1-2-5-15-6-4-14-21-15;/h4,6,14,17H,1-3,5,7-13H2,(H,18,20);1H. The molecule has 1 aromatic rings. The van der Waals surface area contributed by atoms with Gasteiger partial charge in [0.15, 0.2) is 0 Å². The van der Waals surface area contributed by atoms with Crippen LogP contribution in [0.15, 0.2) is 17.5 Å². The summed E-state index contributed by atoms with van der Waals surface area (Å²) in [4.78, 5) is 15.6. The van der Waals surface area contributed by atoms with Gasteiger partial charge in [0.2, 0.25) is 5.91 Å². The predicted molar refractivity (Wildman–Crippen MR) is 96.1 cm³/mol. The maximum absolute atomic E-state index is 11.7. The Labute approximate surface area is 144 Å². The summed E-state index contributed by atoms with van der Waals surface area (Å²) in [5.41, 5.74) is 0. The van der Waals surface area contributed by atoms with Crippen LogP contribution in [0, 0.1) is 0 Å². The fraction of sp³-hybridized carbons (Fsp3) is 0.688. The van der Waals surface area contributed by atoms with Crippen LogP contribution in [0.5, 0.6) is 0 Å². The lowest BCUT2D eigenvalue weighted by molar-refractivity contribution is -0.121. The molecule has 0 radical (unpaired) electrons. The van der Waals surface area contributed by atoms with Gasteiger partial charge < -0.3 is 10.6 Å². The van der Waals surface area contributed by atoms with Crippen molar-refractivity contribution >= 4 is 29.7 Å². The highest BCUT2D eigenvalue weighted by Crippen LogP contribution is 2.13. The summed E-state index contributed by atoms with van der Waals surface area (Å²) in [6.07, 6.45) is 5.16. The molecule has 6 heteroatoms. The van der Waals surface area contributed by atoms with Crippen molar-refractivity contribution in [1.82, 2.24) is 15.5 Å². The number of aryl methyl sites for hydroxylation is 1. The van der Waals surface area contributed by atoms with Crippen molar-refractivity contribution in [2.24, 2.45) is 0 Å². The number of hydrogen-bond acceptors (Lipinski definition) is 4. The summed E-state index contributed by atoms with van der Waals surface area (Å²) in [5, 5.41) is 8.50. The summed E-state index contributed by atoms with van der Waals surface area (Å²) in [7, 11) is 0. The lowest BCUT2D eigenvalue weighted by Gasteiger charge is -2.27. The van der Waals surface area contributed by atoms with E-state index in [4.69, 9.17) is 0 Å². The third kappa shape index (κ3) is 8.13. The largest absolute Gasteiger partial charge is 0.355 e. The molecular formula is C16H28ClN3OS. The summed E-state index contributed by atoms with van der Waals surface area (Å²) in [6, 6.07) is 4.29. The maximum Gasteiger partial charge on any atom is 0.220 e. The number of nitrogens with zero attached hydrogens (tertiary/aromatic N) is 1. The molecular weight excluding hydrogens is 318 g/mol. The Balaban J connectivity index is 0.00000242. The smallest absolute Gasteiger partial charge is 0.220 e. The number of carbonyl (C=O) groups is 1. The lowest BCUT2D eigenvalue weighted by atomic mass is 10.1. The van der Waals surface area contributed by atoms with Crippen LogP contribution in [-0.4, -0.2) is 50.1 Å². The van der Waals surface area contributed by atoms with Crippen molar-refractivity contribution in [3.8, 4) is 0 Å². The Morgan fingerprint density at radius 1 is 1.27 bits per heavy atom. The fourth-order valence-electron chi connectivity index (χ4n) is 2.59. The number of carbonyl (C=O) groups excluding carboxylic acids is 1. The molecule has 126 valence electrons. The summed E-state index contributed by atoms with van der Waals surface area (Å²) in [6.45, 7) is 6.09. The Kier molecular flexibility index (Phi) is 10.5. The third-order valence-electron chi connectivity index (χ3n) is 3.87. The molecule has 1 amide bonds. The minimum absolute atomic E-state index is 0. The molecule has 4 nitrogen and oxygen atoms in total. The Morgan fingerprint density at radius 2 is 2.09 bits per heavy atom. The van der Waals surface area contributed by atoms with Crippen molar-refractivity contribution in [3.63, 3.8) is 0 Å². The third-order valence-corrected chi connectivity index (χ3v) is 4.80. The van der Waals surface area contributed by atoms with Gasteiger partial charge in [0.1, 0.15) is 0 Å². The molecule has 0 atom stereocenters. The van der Waals surface area contributed by atoms with E-state index in [1.165, 1.54) is 11.3 Å². The van der Waals surface area contributed by atoms with Crippen molar-refractivity contribution < 1.29 is 4.79 Å². The van der Waals surface area contributed by atoms with Crippen molar-refractivity contribution in [3.05, 3.63) is 22.4 Å². The number of thiophene rings is 1. The fourth-order valence-corrected chi connectivity index (χ4v) is 3.34. The van der Waals surface area contributed by atoms with E-state index in [1.54, 1.807) is 0 Å². The van der Waals surface area contributed by atoms with Crippen molar-refractivity contribution in [2.75, 3.05) is 39.3 Å². The highest BCUT2D eigenvalue weighted by Gasteiger charge is 2.09. The average Bonchev–Trinajstić information content (AvgIpc) is 3.01. The first kappa shape index (κ1) is 19.4. The molecule has 2 heterocycles. The number of nitrogens with one attached hydrogen (secondary N) is 2. The van der Waals surface area contributed by atoms with Crippen LogP contribution in [0.2, 0.25) is 0 Å². The van der Waals surface area contributed by atoms with Crippen LogP contribution in [0.1, 0.15) is 30.6 Å². The topological polar surface area (TPSA) is 44.4 Å². The molecule has 0 saturated carbocycles. The van der Waals surface area contributed by atoms with Crippen molar-refractivity contribution in [2.45, 2.75) is 32.1 Å². The predicted octanol–water partition coefficient (Wildman–Crippen LogP) is 2.29. The molecule has 1 saturated heterocycles. The van der Waals surface area contributed by atoms with E-state index >= 15 is 0 Å². The van der Waals surface area contributed by atoms with E-state index < -0.39 is 0 Å². The second kappa shape index (κ2) is 11.9. The zero-order chi connectivity index (χ0) is 14.8. The zero-order valence-corrected chi connectivity index (χ0v) is 14.8. The molecule has 1 aliphatic heterocycles. The van der Waals surface area contributed by atoms with E-state index in [0.717, 1.165) is 58.5 Å². The van der Waals surface area contributed by atoms with E-state index in [2.05, 4.69) is 33.0 Å². The molecule has 1 aromatic heterocycles. The molecule has 2 N–H and O–H groups in total. The monoisotopic (exact) mass is 345 g/mol. The molecule has 22 heavy (non-hydrogen) atoms. The van der Waals surface area contributed by atoms with Crippen LogP contribution < -0.4 is 10.6 Å². The molecule has 0 unspecified atom stereocenters. The average molecular weight is 346 g/mol.